The second kappa shape index (κ2) is 15.7. The number of hydrogen-bond donors (Lipinski definition) is 3. The molecular formula is C7H17B3S3. The fraction of sp³-hybridized carbons (Fsp3) is 1.00. The van der Waals surface area contributed by atoms with Crippen molar-refractivity contribution in [3.05, 3.63) is 0 Å². The Labute approximate surface area is 104 Å². The molecule has 0 heterocycles. The zero-order valence-electron chi connectivity index (χ0n) is 7.06. The van der Waals surface area contributed by atoms with Crippen molar-refractivity contribution in [3.63, 3.8) is 0 Å². The monoisotopic (exact) mass is 230 g/mol. The minimum atomic E-state index is 0. The van der Waals surface area contributed by atoms with Crippen molar-refractivity contribution < 1.29 is 0 Å². The van der Waals surface area contributed by atoms with Gasteiger partial charge in [0, 0.05) is 11.0 Å². The van der Waals surface area contributed by atoms with Gasteiger partial charge >= 0.3 is 0 Å². The Hall–Kier alpha value is 1.24. The van der Waals surface area contributed by atoms with Gasteiger partial charge in [-0.3, -0.25) is 0 Å². The molecular weight excluding hydrogens is 213 g/mol. The number of rotatable bonds is 4. The Morgan fingerprint density at radius 1 is 1.00 bits per heavy atom. The first kappa shape index (κ1) is 19.8. The highest BCUT2D eigenvalue weighted by Crippen LogP contribution is 2.02. The predicted molar refractivity (Wildman–Crippen MR) is 77.8 cm³/mol. The van der Waals surface area contributed by atoms with Crippen LogP contribution in [-0.2, 0) is 0 Å². The highest BCUT2D eigenvalue weighted by molar-refractivity contribution is 7.84. The van der Waals surface area contributed by atoms with Crippen LogP contribution in [0.25, 0.3) is 0 Å². The molecule has 0 aromatic rings. The van der Waals surface area contributed by atoms with Crippen LogP contribution in [0.4, 0.5) is 0 Å². The number of hydrogen-bond acceptors (Lipinski definition) is 3. The summed E-state index contributed by atoms with van der Waals surface area (Å²) in [7, 11) is 15.5. The standard InChI is InChI=1S/C3H6B2S.C3H7BS2.CH4/c4-1-3(5)2-6;4-1-3(6)2-5;/h3,6H,1-2H2;3,5-6H,1-2H2;1H4. The molecule has 0 saturated heterocycles. The Bertz CT molecular complexity index is 67.4. The van der Waals surface area contributed by atoms with Crippen LogP contribution in [0.1, 0.15) is 7.43 Å². The van der Waals surface area contributed by atoms with E-state index >= 15 is 0 Å². The Kier molecular flexibility index (Phi) is 23.9. The zero-order valence-corrected chi connectivity index (χ0v) is 9.74. The molecule has 13 heavy (non-hydrogen) atoms. The molecule has 0 spiro atoms. The Morgan fingerprint density at radius 3 is 1.46 bits per heavy atom. The van der Waals surface area contributed by atoms with Crippen molar-refractivity contribution in [2.75, 3.05) is 11.5 Å². The lowest BCUT2D eigenvalue weighted by Crippen LogP contribution is -1.96. The van der Waals surface area contributed by atoms with Crippen LogP contribution in [0, 0.1) is 0 Å². The van der Waals surface area contributed by atoms with Gasteiger partial charge in [0.15, 0.2) is 0 Å². The number of thiol groups is 3. The molecule has 72 valence electrons. The lowest BCUT2D eigenvalue weighted by Gasteiger charge is -1.98. The molecule has 0 rings (SSSR count). The van der Waals surface area contributed by atoms with Crippen LogP contribution in [-0.4, -0.2) is 40.3 Å². The van der Waals surface area contributed by atoms with Crippen molar-refractivity contribution in [1.82, 2.24) is 0 Å². The third kappa shape index (κ3) is 19.6. The van der Waals surface area contributed by atoms with Gasteiger partial charge in [-0.05, 0) is 5.75 Å². The highest BCUT2D eigenvalue weighted by atomic mass is 32.1. The molecule has 0 bridgehead atoms. The predicted octanol–water partition coefficient (Wildman–Crippen LogP) is 1.90. The SMILES string of the molecule is C.[B]CC(S)CS.[B]CC([B])CS. The van der Waals surface area contributed by atoms with E-state index in [1.165, 1.54) is 0 Å². The molecule has 0 fully saturated rings. The van der Waals surface area contributed by atoms with Gasteiger partial charge in [-0.25, -0.2) is 0 Å². The summed E-state index contributed by atoms with van der Waals surface area (Å²) < 4.78 is 0. The average molecular weight is 230 g/mol. The minimum Gasteiger partial charge on any atom is -0.180 e. The molecule has 0 saturated carbocycles. The van der Waals surface area contributed by atoms with E-state index in [4.69, 9.17) is 23.5 Å². The second-order valence-electron chi connectivity index (χ2n) is 2.25. The lowest BCUT2D eigenvalue weighted by atomic mass is 9.78. The van der Waals surface area contributed by atoms with Crippen LogP contribution < -0.4 is 0 Å². The summed E-state index contributed by atoms with van der Waals surface area (Å²) in [5.41, 5.74) is 0. The van der Waals surface area contributed by atoms with Gasteiger partial charge in [0.2, 0.25) is 0 Å². The van der Waals surface area contributed by atoms with Crippen molar-refractivity contribution in [1.29, 1.82) is 0 Å². The quantitative estimate of drug-likeness (QED) is 0.476. The first-order valence-corrected chi connectivity index (χ1v) is 5.45. The molecule has 0 N–H and O–H groups in total. The van der Waals surface area contributed by atoms with E-state index in [0.717, 1.165) is 5.75 Å². The summed E-state index contributed by atoms with van der Waals surface area (Å²) >= 11 is 11.9. The summed E-state index contributed by atoms with van der Waals surface area (Å²) in [5, 5.41) is 0.272. The third-order valence-electron chi connectivity index (χ3n) is 1.02. The van der Waals surface area contributed by atoms with E-state index in [9.17, 15) is 0 Å². The molecule has 0 aliphatic carbocycles. The molecule has 0 aromatic carbocycles. The van der Waals surface area contributed by atoms with Crippen LogP contribution >= 0.6 is 37.9 Å². The maximum absolute atomic E-state index is 5.27. The Balaban J connectivity index is -0.000000143. The smallest absolute Gasteiger partial charge is 0.0700 e. The molecule has 0 aliphatic heterocycles. The van der Waals surface area contributed by atoms with Crippen LogP contribution in [0.15, 0.2) is 0 Å². The van der Waals surface area contributed by atoms with E-state index in [2.05, 4.69) is 37.9 Å². The van der Waals surface area contributed by atoms with Gasteiger partial charge in [0.25, 0.3) is 0 Å². The second-order valence-corrected chi connectivity index (χ2v) is 3.71. The summed E-state index contributed by atoms with van der Waals surface area (Å²) in [6.07, 6.45) is 1.15. The third-order valence-corrected chi connectivity index (χ3v) is 2.61. The molecule has 6 radical (unpaired) electrons. The zero-order chi connectivity index (χ0) is 9.98. The maximum Gasteiger partial charge on any atom is 0.0700 e. The molecule has 0 amide bonds. The van der Waals surface area contributed by atoms with E-state index < -0.39 is 0 Å². The average Bonchev–Trinajstić information content (AvgIpc) is 2.16. The van der Waals surface area contributed by atoms with Crippen molar-refractivity contribution in [3.8, 4) is 0 Å². The van der Waals surface area contributed by atoms with Crippen LogP contribution in [0.3, 0.4) is 0 Å². The summed E-state index contributed by atoms with van der Waals surface area (Å²) in [6, 6.07) is 0. The van der Waals surface area contributed by atoms with Crippen molar-refractivity contribution >= 4 is 61.4 Å². The fourth-order valence-corrected chi connectivity index (χ4v) is 0.447. The van der Waals surface area contributed by atoms with E-state index in [1.54, 1.807) is 0 Å². The van der Waals surface area contributed by atoms with Gasteiger partial charge in [-0.15, -0.1) is 0 Å². The lowest BCUT2D eigenvalue weighted by molar-refractivity contribution is 1.09. The molecule has 2 atom stereocenters. The van der Waals surface area contributed by atoms with E-state index in [0.29, 0.717) is 18.4 Å². The van der Waals surface area contributed by atoms with Gasteiger partial charge in [-0.1, -0.05) is 25.9 Å². The van der Waals surface area contributed by atoms with Crippen molar-refractivity contribution in [2.45, 2.75) is 31.1 Å². The first-order valence-electron chi connectivity index (χ1n) is 3.67. The van der Waals surface area contributed by atoms with E-state index in [1.807, 2.05) is 0 Å². The Morgan fingerprint density at radius 2 is 1.46 bits per heavy atom. The molecule has 0 aromatic heterocycles. The molecule has 0 aliphatic rings. The normalized spacial score (nSPS) is 13.2. The summed E-state index contributed by atoms with van der Waals surface area (Å²) in [4.78, 5) is 0. The summed E-state index contributed by atoms with van der Waals surface area (Å²) in [6.45, 7) is 0. The fourth-order valence-electron chi connectivity index (χ4n) is 0.149. The van der Waals surface area contributed by atoms with Gasteiger partial charge in [0.1, 0.15) is 0 Å². The minimum absolute atomic E-state index is 0. The summed E-state index contributed by atoms with van der Waals surface area (Å²) in [5.74, 6) is 1.52. The van der Waals surface area contributed by atoms with Gasteiger partial charge in [0.05, 0.1) is 23.5 Å². The van der Waals surface area contributed by atoms with Crippen molar-refractivity contribution in [2.24, 2.45) is 0 Å². The van der Waals surface area contributed by atoms with Gasteiger partial charge in [-0.2, -0.15) is 37.9 Å². The van der Waals surface area contributed by atoms with Crippen LogP contribution in [0.5, 0.6) is 0 Å². The molecule has 6 heteroatoms. The van der Waals surface area contributed by atoms with Gasteiger partial charge < -0.3 is 0 Å². The topological polar surface area (TPSA) is 0 Å². The molecule has 2 unspecified atom stereocenters. The highest BCUT2D eigenvalue weighted by Gasteiger charge is 1.90. The maximum atomic E-state index is 5.27. The van der Waals surface area contributed by atoms with E-state index in [-0.39, 0.29) is 18.5 Å². The largest absolute Gasteiger partial charge is 0.180 e. The molecule has 0 nitrogen and oxygen atoms in total. The van der Waals surface area contributed by atoms with Crippen LogP contribution in [0.2, 0.25) is 18.5 Å². The first-order chi connectivity index (χ1) is 5.62.